The first-order valence-corrected chi connectivity index (χ1v) is 9.60. The van der Waals surface area contributed by atoms with Gasteiger partial charge >= 0.3 is 0 Å². The van der Waals surface area contributed by atoms with Crippen molar-refractivity contribution in [1.29, 1.82) is 0 Å². The number of rotatable bonds is 3. The van der Waals surface area contributed by atoms with E-state index in [4.69, 9.17) is 0 Å². The average Bonchev–Trinajstić information content (AvgIpc) is 3.10. The minimum atomic E-state index is -0.157. The lowest BCUT2D eigenvalue weighted by Gasteiger charge is -2.09. The van der Waals surface area contributed by atoms with E-state index in [1.54, 1.807) is 6.07 Å². The lowest BCUT2D eigenvalue weighted by atomic mass is 10.0. The summed E-state index contributed by atoms with van der Waals surface area (Å²) in [5.41, 5.74) is 4.56. The highest BCUT2D eigenvalue weighted by Crippen LogP contribution is 2.34. The van der Waals surface area contributed by atoms with E-state index < -0.39 is 0 Å². The zero-order valence-corrected chi connectivity index (χ0v) is 16.0. The van der Waals surface area contributed by atoms with Crippen LogP contribution in [0.1, 0.15) is 11.1 Å². The molecule has 0 aliphatic rings. The van der Waals surface area contributed by atoms with Crippen molar-refractivity contribution in [3.63, 3.8) is 0 Å². The van der Waals surface area contributed by atoms with Gasteiger partial charge in [0.15, 0.2) is 0 Å². The Bertz CT molecular complexity index is 1380. The minimum absolute atomic E-state index is 0.111. The van der Waals surface area contributed by atoms with Crippen LogP contribution in [0.2, 0.25) is 0 Å². The highest BCUT2D eigenvalue weighted by Gasteiger charge is 2.13. The standard InChI is InChI=1S/C25H20N2O2/c1-15-6-9-18(10-7-15)26-24(29)13-17-12-16-8-11-20-19-4-2-3-5-22(19)27-25(20)21(16)14-23(17)28/h2-12,14,27-28H,13H2,1H3,(H,26,29). The molecule has 0 radical (unpaired) electrons. The number of aromatic nitrogens is 1. The summed E-state index contributed by atoms with van der Waals surface area (Å²) in [6.45, 7) is 2.00. The van der Waals surface area contributed by atoms with E-state index in [0.29, 0.717) is 5.56 Å². The number of amides is 1. The Hall–Kier alpha value is -3.79. The molecule has 0 atom stereocenters. The van der Waals surface area contributed by atoms with Crippen LogP contribution in [0.3, 0.4) is 0 Å². The normalized spacial score (nSPS) is 11.3. The number of H-pyrrole nitrogens is 1. The van der Waals surface area contributed by atoms with Crippen LogP contribution in [0.4, 0.5) is 5.69 Å². The van der Waals surface area contributed by atoms with Gasteiger partial charge in [-0.25, -0.2) is 0 Å². The number of carbonyl (C=O) groups excluding carboxylic acids is 1. The number of carbonyl (C=O) groups is 1. The molecule has 0 fully saturated rings. The minimum Gasteiger partial charge on any atom is -0.508 e. The molecule has 0 saturated heterocycles. The predicted octanol–water partition coefficient (Wildman–Crippen LogP) is 5.67. The summed E-state index contributed by atoms with van der Waals surface area (Å²) < 4.78 is 0. The van der Waals surface area contributed by atoms with Crippen LogP contribution in [0, 0.1) is 6.92 Å². The van der Waals surface area contributed by atoms with Crippen LogP contribution in [0.25, 0.3) is 32.6 Å². The maximum absolute atomic E-state index is 12.5. The number of para-hydroxylation sites is 1. The van der Waals surface area contributed by atoms with E-state index in [-0.39, 0.29) is 18.1 Å². The van der Waals surface area contributed by atoms with Gasteiger partial charge in [0.25, 0.3) is 0 Å². The molecule has 4 heteroatoms. The largest absolute Gasteiger partial charge is 0.508 e. The van der Waals surface area contributed by atoms with Gasteiger partial charge in [0.2, 0.25) is 5.91 Å². The smallest absolute Gasteiger partial charge is 0.228 e. The number of aromatic amines is 1. The molecule has 0 bridgehead atoms. The summed E-state index contributed by atoms with van der Waals surface area (Å²) in [4.78, 5) is 15.9. The lowest BCUT2D eigenvalue weighted by molar-refractivity contribution is -0.115. The lowest BCUT2D eigenvalue weighted by Crippen LogP contribution is -2.14. The zero-order chi connectivity index (χ0) is 20.0. The topological polar surface area (TPSA) is 65.1 Å². The second-order valence-corrected chi connectivity index (χ2v) is 7.45. The Morgan fingerprint density at radius 3 is 2.55 bits per heavy atom. The van der Waals surface area contributed by atoms with Gasteiger partial charge in [-0.3, -0.25) is 4.79 Å². The molecule has 1 aromatic heterocycles. The predicted molar refractivity (Wildman–Crippen MR) is 118 cm³/mol. The summed E-state index contributed by atoms with van der Waals surface area (Å²) in [6.07, 6.45) is 0.111. The van der Waals surface area contributed by atoms with Gasteiger partial charge < -0.3 is 15.4 Å². The van der Waals surface area contributed by atoms with E-state index in [1.165, 1.54) is 0 Å². The summed E-state index contributed by atoms with van der Waals surface area (Å²) >= 11 is 0. The number of aromatic hydroxyl groups is 1. The van der Waals surface area contributed by atoms with Gasteiger partial charge in [-0.1, -0.05) is 48.0 Å². The van der Waals surface area contributed by atoms with Crippen LogP contribution in [0.15, 0.2) is 72.8 Å². The number of phenols is 1. The van der Waals surface area contributed by atoms with E-state index in [1.807, 2.05) is 61.5 Å². The fourth-order valence-corrected chi connectivity index (χ4v) is 3.89. The van der Waals surface area contributed by atoms with Crippen molar-refractivity contribution in [2.75, 3.05) is 5.32 Å². The van der Waals surface area contributed by atoms with Crippen LogP contribution < -0.4 is 5.32 Å². The van der Waals surface area contributed by atoms with Crippen molar-refractivity contribution in [1.82, 2.24) is 4.98 Å². The number of hydrogen-bond acceptors (Lipinski definition) is 2. The molecular formula is C25H20N2O2. The number of fused-ring (bicyclic) bond motifs is 5. The third kappa shape index (κ3) is 3.09. The first kappa shape index (κ1) is 17.3. The van der Waals surface area contributed by atoms with E-state index in [2.05, 4.69) is 22.4 Å². The number of phenolic OH excluding ortho intramolecular Hbond substituents is 1. The Morgan fingerprint density at radius 1 is 0.931 bits per heavy atom. The third-order valence-electron chi connectivity index (χ3n) is 5.38. The van der Waals surface area contributed by atoms with Gasteiger partial charge in [-0.05, 0) is 42.6 Å². The second kappa shape index (κ2) is 6.67. The van der Waals surface area contributed by atoms with Gasteiger partial charge in [0.1, 0.15) is 5.75 Å². The first-order valence-electron chi connectivity index (χ1n) is 9.60. The van der Waals surface area contributed by atoms with Crippen LogP contribution in [-0.2, 0) is 11.2 Å². The summed E-state index contributed by atoms with van der Waals surface area (Å²) in [7, 11) is 0. The molecule has 4 aromatic carbocycles. The summed E-state index contributed by atoms with van der Waals surface area (Å²) in [6, 6.07) is 23.6. The van der Waals surface area contributed by atoms with Crippen LogP contribution in [0.5, 0.6) is 5.75 Å². The molecule has 3 N–H and O–H groups in total. The van der Waals surface area contributed by atoms with E-state index in [0.717, 1.165) is 43.8 Å². The number of benzene rings is 4. The van der Waals surface area contributed by atoms with Crippen molar-refractivity contribution in [3.05, 3.63) is 83.9 Å². The van der Waals surface area contributed by atoms with Crippen molar-refractivity contribution in [2.45, 2.75) is 13.3 Å². The maximum Gasteiger partial charge on any atom is 0.228 e. The molecule has 1 amide bonds. The van der Waals surface area contributed by atoms with Gasteiger partial charge in [0, 0.05) is 32.9 Å². The Labute approximate surface area is 167 Å². The van der Waals surface area contributed by atoms with E-state index in [9.17, 15) is 9.90 Å². The van der Waals surface area contributed by atoms with Gasteiger partial charge in [-0.2, -0.15) is 0 Å². The van der Waals surface area contributed by atoms with Crippen LogP contribution >= 0.6 is 0 Å². The quantitative estimate of drug-likeness (QED) is 0.378. The molecule has 1 heterocycles. The highest BCUT2D eigenvalue weighted by atomic mass is 16.3. The molecular weight excluding hydrogens is 360 g/mol. The molecule has 0 saturated carbocycles. The molecule has 0 aliphatic carbocycles. The fourth-order valence-electron chi connectivity index (χ4n) is 3.89. The highest BCUT2D eigenvalue weighted by molar-refractivity contribution is 6.17. The molecule has 29 heavy (non-hydrogen) atoms. The number of nitrogens with one attached hydrogen (secondary N) is 2. The molecule has 0 aliphatic heterocycles. The van der Waals surface area contributed by atoms with E-state index >= 15 is 0 Å². The molecule has 0 spiro atoms. The molecule has 0 unspecified atom stereocenters. The third-order valence-corrected chi connectivity index (χ3v) is 5.38. The maximum atomic E-state index is 12.5. The first-order chi connectivity index (χ1) is 14.1. The number of anilines is 1. The molecule has 5 rings (SSSR count). The Morgan fingerprint density at radius 2 is 1.72 bits per heavy atom. The average molecular weight is 380 g/mol. The Balaban J connectivity index is 1.51. The summed E-state index contributed by atoms with van der Waals surface area (Å²) in [5, 5.41) is 17.7. The van der Waals surface area contributed by atoms with Gasteiger partial charge in [-0.15, -0.1) is 0 Å². The molecule has 5 aromatic rings. The SMILES string of the molecule is Cc1ccc(NC(=O)Cc2cc3ccc4c5ccccc5[nH]c4c3cc2O)cc1. The number of hydrogen-bond donors (Lipinski definition) is 3. The fraction of sp³-hybridized carbons (Fsp3) is 0.0800. The number of aryl methyl sites for hydroxylation is 1. The Kier molecular flexibility index (Phi) is 3.98. The van der Waals surface area contributed by atoms with Crippen molar-refractivity contribution < 1.29 is 9.90 Å². The molecule has 4 nitrogen and oxygen atoms in total. The van der Waals surface area contributed by atoms with Crippen molar-refractivity contribution in [2.24, 2.45) is 0 Å². The van der Waals surface area contributed by atoms with Crippen molar-refractivity contribution >= 4 is 44.2 Å². The zero-order valence-electron chi connectivity index (χ0n) is 16.0. The summed E-state index contributed by atoms with van der Waals surface area (Å²) in [5.74, 6) is -0.0297. The van der Waals surface area contributed by atoms with Crippen molar-refractivity contribution in [3.8, 4) is 5.75 Å². The second-order valence-electron chi connectivity index (χ2n) is 7.45. The van der Waals surface area contributed by atoms with Gasteiger partial charge in [0.05, 0.1) is 11.9 Å². The van der Waals surface area contributed by atoms with Crippen LogP contribution in [-0.4, -0.2) is 16.0 Å². The molecule has 142 valence electrons. The monoisotopic (exact) mass is 380 g/mol.